The number of hydrogen-bond donors (Lipinski definition) is 1. The number of nitrogens with zero attached hydrogens (tertiary/aromatic N) is 4. The molecular formula is C26H35N5O8. The van der Waals surface area contributed by atoms with Crippen LogP contribution in [0.5, 0.6) is 5.88 Å². The molecule has 3 rings (SSSR count). The number of H-pyrrole nitrogens is 1. The summed E-state index contributed by atoms with van der Waals surface area (Å²) in [7, 11) is 0. The summed E-state index contributed by atoms with van der Waals surface area (Å²) in [6, 6.07) is 0. The smallest absolute Gasteiger partial charge is 0.416 e. The Balaban J connectivity index is 1.95. The van der Waals surface area contributed by atoms with Crippen molar-refractivity contribution in [1.82, 2.24) is 19.5 Å². The van der Waals surface area contributed by atoms with Crippen LogP contribution in [0, 0.1) is 31.2 Å². The van der Waals surface area contributed by atoms with Crippen LogP contribution >= 0.6 is 0 Å². The van der Waals surface area contributed by atoms with Gasteiger partial charge in [-0.3, -0.25) is 19.6 Å². The largest absolute Gasteiger partial charge is 0.465 e. The van der Waals surface area contributed by atoms with Crippen LogP contribution in [0.3, 0.4) is 0 Å². The third kappa shape index (κ3) is 6.68. The molecule has 1 saturated carbocycles. The van der Waals surface area contributed by atoms with E-state index in [-0.39, 0.29) is 53.9 Å². The summed E-state index contributed by atoms with van der Waals surface area (Å²) in [6.45, 7) is 17.8. The van der Waals surface area contributed by atoms with Gasteiger partial charge in [-0.15, -0.1) is 0 Å². The predicted molar refractivity (Wildman–Crippen MR) is 137 cm³/mol. The van der Waals surface area contributed by atoms with Gasteiger partial charge in [-0.25, -0.2) is 23.9 Å². The molecule has 2 heterocycles. The lowest BCUT2D eigenvalue weighted by Gasteiger charge is -2.37. The van der Waals surface area contributed by atoms with E-state index in [1.807, 2.05) is 13.8 Å². The zero-order chi connectivity index (χ0) is 28.9. The Labute approximate surface area is 226 Å². The maximum atomic E-state index is 13.5. The van der Waals surface area contributed by atoms with E-state index in [2.05, 4.69) is 21.9 Å². The molecule has 1 aliphatic rings. The third-order valence-electron chi connectivity index (χ3n) is 6.55. The normalized spacial score (nSPS) is 20.6. The third-order valence-corrected chi connectivity index (χ3v) is 6.55. The number of carbonyl (C=O) groups is 4. The molecule has 2 aromatic rings. The minimum atomic E-state index is -1.13. The Morgan fingerprint density at radius 1 is 1.05 bits per heavy atom. The zero-order valence-corrected chi connectivity index (χ0v) is 23.1. The lowest BCUT2D eigenvalue weighted by atomic mass is 9.75. The van der Waals surface area contributed by atoms with Crippen LogP contribution in [-0.4, -0.2) is 75.9 Å². The summed E-state index contributed by atoms with van der Waals surface area (Å²) < 4.78 is 22.4. The lowest BCUT2D eigenvalue weighted by Crippen LogP contribution is -2.42. The average molecular weight is 546 g/mol. The number of amides is 1. The summed E-state index contributed by atoms with van der Waals surface area (Å²) in [5.41, 5.74) is -0.376. The van der Waals surface area contributed by atoms with Crippen LogP contribution in [-0.2, 0) is 23.8 Å². The molecule has 0 aromatic carbocycles. The van der Waals surface area contributed by atoms with Crippen LogP contribution in [0.4, 0.5) is 10.5 Å². The monoisotopic (exact) mass is 545 g/mol. The minimum Gasteiger partial charge on any atom is -0.465 e. The summed E-state index contributed by atoms with van der Waals surface area (Å²) >= 11 is 0. The van der Waals surface area contributed by atoms with Gasteiger partial charge >= 0.3 is 24.0 Å². The van der Waals surface area contributed by atoms with Gasteiger partial charge in [0.1, 0.15) is 30.6 Å². The molecular weight excluding hydrogens is 510 g/mol. The fourth-order valence-electron chi connectivity index (χ4n) is 5.13. The first-order valence-electron chi connectivity index (χ1n) is 13.0. The van der Waals surface area contributed by atoms with Crippen molar-refractivity contribution >= 4 is 35.3 Å². The van der Waals surface area contributed by atoms with Crippen LogP contribution < -0.4 is 4.74 Å². The second-order valence-corrected chi connectivity index (χ2v) is 9.84. The minimum absolute atomic E-state index is 0.0538. The molecule has 2 aromatic heterocycles. The molecule has 1 amide bonds. The lowest BCUT2D eigenvalue weighted by molar-refractivity contribution is -0.147. The van der Waals surface area contributed by atoms with Crippen molar-refractivity contribution in [3.05, 3.63) is 22.8 Å². The van der Waals surface area contributed by atoms with Crippen molar-refractivity contribution in [2.45, 2.75) is 60.5 Å². The summed E-state index contributed by atoms with van der Waals surface area (Å²) in [5.74, 6) is -1.46. The first-order valence-corrected chi connectivity index (χ1v) is 13.0. The number of aromatic nitrogens is 3. The van der Waals surface area contributed by atoms with E-state index < -0.39 is 37.1 Å². The van der Waals surface area contributed by atoms with Crippen molar-refractivity contribution in [2.75, 3.05) is 26.3 Å². The first kappa shape index (κ1) is 29.5. The average Bonchev–Trinajstić information content (AvgIpc) is 3.35. The molecule has 0 saturated heterocycles. The van der Waals surface area contributed by atoms with Gasteiger partial charge in [0.15, 0.2) is 5.65 Å². The van der Waals surface area contributed by atoms with Crippen LogP contribution in [0.15, 0.2) is 0 Å². The summed E-state index contributed by atoms with van der Waals surface area (Å²) in [4.78, 5) is 59.3. The fraction of sp³-hybridized carbons (Fsp3) is 0.615. The van der Waals surface area contributed by atoms with Gasteiger partial charge in [0.05, 0.1) is 19.8 Å². The Morgan fingerprint density at radius 2 is 1.62 bits per heavy atom. The highest BCUT2D eigenvalue weighted by molar-refractivity contribution is 6.05. The fourth-order valence-corrected chi connectivity index (χ4v) is 5.13. The second-order valence-electron chi connectivity index (χ2n) is 9.84. The van der Waals surface area contributed by atoms with Gasteiger partial charge in [-0.2, -0.15) is 0 Å². The topological polar surface area (TPSA) is 146 Å². The SMILES string of the molecule is [C-]#[N+]c1c(C(=O)OC2C(C)CC(C)CC2C)c2nc(C)[nH]n2c1OC(=O)N(CC(=O)OCC)CC(=O)OCC. The van der Waals surface area contributed by atoms with E-state index >= 15 is 0 Å². The van der Waals surface area contributed by atoms with E-state index in [1.165, 1.54) is 4.52 Å². The highest BCUT2D eigenvalue weighted by Crippen LogP contribution is 2.40. The molecule has 0 bridgehead atoms. The van der Waals surface area contributed by atoms with Gasteiger partial charge in [0.2, 0.25) is 5.88 Å². The highest BCUT2D eigenvalue weighted by atomic mass is 16.6. The molecule has 13 nitrogen and oxygen atoms in total. The van der Waals surface area contributed by atoms with Crippen molar-refractivity contribution < 1.29 is 38.1 Å². The Bertz CT molecular complexity index is 1240. The number of rotatable bonds is 9. The van der Waals surface area contributed by atoms with E-state index in [1.54, 1.807) is 20.8 Å². The van der Waals surface area contributed by atoms with Gasteiger partial charge in [-0.05, 0) is 51.4 Å². The molecule has 1 aliphatic carbocycles. The van der Waals surface area contributed by atoms with Crippen molar-refractivity contribution in [1.29, 1.82) is 0 Å². The maximum absolute atomic E-state index is 13.5. The van der Waals surface area contributed by atoms with Gasteiger partial charge < -0.3 is 18.9 Å². The Hall–Kier alpha value is -4.08. The number of fused-ring (bicyclic) bond motifs is 1. The zero-order valence-electron chi connectivity index (χ0n) is 23.1. The number of aryl methyl sites for hydroxylation is 1. The van der Waals surface area contributed by atoms with Crippen LogP contribution in [0.1, 0.15) is 63.6 Å². The molecule has 39 heavy (non-hydrogen) atoms. The number of esters is 3. The molecule has 1 fully saturated rings. The van der Waals surface area contributed by atoms with Crippen molar-refractivity contribution in [3.8, 4) is 5.88 Å². The van der Waals surface area contributed by atoms with Crippen molar-refractivity contribution in [2.24, 2.45) is 17.8 Å². The van der Waals surface area contributed by atoms with E-state index in [0.29, 0.717) is 11.7 Å². The number of carbonyl (C=O) groups excluding carboxylic acids is 4. The molecule has 1 N–H and O–H groups in total. The standard InChI is InChI=1S/C26H35N5O8/c1-8-36-18(32)12-30(13-19(33)37-9-2)26(35)39-24-21(27-7)20(23-28-17(6)29-31(23)24)25(34)38-22-15(4)10-14(3)11-16(22)5/h14-16,22H,8-13H2,1-6H3,(H,28,29). The van der Waals surface area contributed by atoms with Gasteiger partial charge in [0.25, 0.3) is 5.69 Å². The van der Waals surface area contributed by atoms with Crippen LogP contribution in [0.25, 0.3) is 10.5 Å². The maximum Gasteiger partial charge on any atom is 0.416 e. The number of aromatic amines is 1. The molecule has 0 spiro atoms. The molecule has 0 radical (unpaired) electrons. The van der Waals surface area contributed by atoms with Crippen LogP contribution in [0.2, 0.25) is 0 Å². The highest BCUT2D eigenvalue weighted by Gasteiger charge is 2.37. The van der Waals surface area contributed by atoms with Gasteiger partial charge in [-0.1, -0.05) is 20.8 Å². The molecule has 13 heteroatoms. The van der Waals surface area contributed by atoms with Crippen molar-refractivity contribution in [3.63, 3.8) is 0 Å². The van der Waals surface area contributed by atoms with E-state index in [4.69, 9.17) is 25.5 Å². The number of nitrogens with one attached hydrogen (secondary N) is 1. The summed E-state index contributed by atoms with van der Waals surface area (Å²) in [5, 5.41) is 2.85. The molecule has 212 valence electrons. The first-order chi connectivity index (χ1) is 18.5. The predicted octanol–water partition coefficient (Wildman–Crippen LogP) is 3.68. The summed E-state index contributed by atoms with van der Waals surface area (Å²) in [6.07, 6.45) is 0.336. The Morgan fingerprint density at radius 3 is 2.13 bits per heavy atom. The molecule has 2 atom stereocenters. The molecule has 0 aliphatic heterocycles. The van der Waals surface area contributed by atoms with E-state index in [0.717, 1.165) is 17.7 Å². The number of hydrogen-bond acceptors (Lipinski definition) is 9. The van der Waals surface area contributed by atoms with Gasteiger partial charge in [0, 0.05) is 0 Å². The Kier molecular flexibility index (Phi) is 9.56. The second kappa shape index (κ2) is 12.6. The van der Waals surface area contributed by atoms with E-state index in [9.17, 15) is 19.2 Å². The quantitative estimate of drug-likeness (QED) is 0.283. The number of ether oxygens (including phenoxy) is 4. The molecule has 2 unspecified atom stereocenters.